The number of ether oxygens (including phenoxy) is 1. The number of benzene rings is 1. The zero-order valence-electron chi connectivity index (χ0n) is 18.5. The molecular weight excluding hydrogens is 388 g/mol. The maximum Gasteiger partial charge on any atom is 0.191 e. The first-order valence-electron chi connectivity index (χ1n) is 10.2. The van der Waals surface area contributed by atoms with Crippen molar-refractivity contribution in [2.45, 2.75) is 56.8 Å². The molecule has 1 aliphatic rings. The summed E-state index contributed by atoms with van der Waals surface area (Å²) in [5, 5.41) is 6.76. The molecule has 1 saturated heterocycles. The van der Waals surface area contributed by atoms with Gasteiger partial charge in [-0.1, -0.05) is 12.1 Å². The summed E-state index contributed by atoms with van der Waals surface area (Å²) in [6.45, 7) is 12.1. The van der Waals surface area contributed by atoms with E-state index >= 15 is 0 Å². The number of guanidine groups is 1. The minimum atomic E-state index is -3.15. The number of nitrogens with one attached hydrogen (secondary N) is 2. The molecule has 0 amide bonds. The highest BCUT2D eigenvalue weighted by Gasteiger charge is 2.33. The van der Waals surface area contributed by atoms with Crippen LogP contribution in [0.1, 0.15) is 33.3 Å². The van der Waals surface area contributed by atoms with Crippen LogP contribution in [0.2, 0.25) is 0 Å². The molecule has 8 heteroatoms. The van der Waals surface area contributed by atoms with Gasteiger partial charge in [-0.3, -0.25) is 9.89 Å². The van der Waals surface area contributed by atoms with E-state index in [9.17, 15) is 8.42 Å². The molecule has 2 unspecified atom stereocenters. The van der Waals surface area contributed by atoms with Crippen LogP contribution < -0.4 is 10.6 Å². The summed E-state index contributed by atoms with van der Waals surface area (Å²) < 4.78 is 28.9. The highest BCUT2D eigenvalue weighted by molar-refractivity contribution is 7.90. The van der Waals surface area contributed by atoms with Gasteiger partial charge in [-0.2, -0.15) is 0 Å². The molecule has 0 aromatic heterocycles. The summed E-state index contributed by atoms with van der Waals surface area (Å²) in [7, 11) is -1.39. The number of sulfone groups is 1. The van der Waals surface area contributed by atoms with E-state index in [2.05, 4.69) is 48.2 Å². The Morgan fingerprint density at radius 3 is 2.28 bits per heavy atom. The zero-order valence-corrected chi connectivity index (χ0v) is 19.3. The lowest BCUT2D eigenvalue weighted by molar-refractivity contribution is -0.0946. The third-order valence-electron chi connectivity index (χ3n) is 5.25. The molecule has 1 fully saturated rings. The summed E-state index contributed by atoms with van der Waals surface area (Å²) in [6, 6.07) is 7.03. The van der Waals surface area contributed by atoms with Crippen LogP contribution >= 0.6 is 0 Å². The fourth-order valence-corrected chi connectivity index (χ4v) is 4.16. The standard InChI is InChI=1S/C21H36N4O3S/c1-16-13-25(14-17(2)28-16)21(3,4)15-24-20(22-5)23-12-11-18-7-9-19(10-8-18)29(6,26)27/h7-10,16-17H,11-15H2,1-6H3,(H2,22,23,24). The third kappa shape index (κ3) is 7.28. The van der Waals surface area contributed by atoms with Crippen molar-refractivity contribution in [1.82, 2.24) is 15.5 Å². The number of rotatable bonds is 7. The van der Waals surface area contributed by atoms with Crippen LogP contribution in [0.5, 0.6) is 0 Å². The molecule has 0 spiro atoms. The van der Waals surface area contributed by atoms with Crippen LogP contribution in [0.3, 0.4) is 0 Å². The lowest BCUT2D eigenvalue weighted by atomic mass is 10.00. The SMILES string of the molecule is CN=C(NCCc1ccc(S(C)(=O)=O)cc1)NCC(C)(C)N1CC(C)OC(C)C1. The lowest BCUT2D eigenvalue weighted by Gasteiger charge is -2.45. The van der Waals surface area contributed by atoms with Gasteiger partial charge in [0.15, 0.2) is 15.8 Å². The average molecular weight is 425 g/mol. The largest absolute Gasteiger partial charge is 0.373 e. The van der Waals surface area contributed by atoms with Gasteiger partial charge in [0.1, 0.15) is 0 Å². The van der Waals surface area contributed by atoms with Gasteiger partial charge in [0.05, 0.1) is 17.1 Å². The van der Waals surface area contributed by atoms with Crippen molar-refractivity contribution in [2.75, 3.05) is 39.5 Å². The summed E-state index contributed by atoms with van der Waals surface area (Å²) in [5.74, 6) is 0.764. The van der Waals surface area contributed by atoms with Crippen LogP contribution in [-0.2, 0) is 21.0 Å². The van der Waals surface area contributed by atoms with Crippen LogP contribution in [0.4, 0.5) is 0 Å². The average Bonchev–Trinajstić information content (AvgIpc) is 2.63. The Kier molecular flexibility index (Phi) is 8.08. The van der Waals surface area contributed by atoms with Gasteiger partial charge in [0.25, 0.3) is 0 Å². The highest BCUT2D eigenvalue weighted by Crippen LogP contribution is 2.20. The predicted octanol–water partition coefficient (Wildman–Crippen LogP) is 1.69. The van der Waals surface area contributed by atoms with E-state index in [0.29, 0.717) is 11.4 Å². The van der Waals surface area contributed by atoms with Gasteiger partial charge >= 0.3 is 0 Å². The maximum atomic E-state index is 11.5. The molecule has 1 heterocycles. The summed E-state index contributed by atoms with van der Waals surface area (Å²) in [5.41, 5.74) is 1.06. The number of hydrogen-bond acceptors (Lipinski definition) is 5. The minimum absolute atomic E-state index is 0.0224. The van der Waals surface area contributed by atoms with Crippen molar-refractivity contribution < 1.29 is 13.2 Å². The number of hydrogen-bond donors (Lipinski definition) is 2. The molecule has 0 aliphatic carbocycles. The Balaban J connectivity index is 1.81. The molecule has 0 saturated carbocycles. The molecule has 164 valence electrons. The van der Waals surface area contributed by atoms with Crippen LogP contribution in [0, 0.1) is 0 Å². The first-order chi connectivity index (χ1) is 13.5. The van der Waals surface area contributed by atoms with Gasteiger partial charge in [-0.15, -0.1) is 0 Å². The molecule has 2 atom stereocenters. The zero-order chi connectivity index (χ0) is 21.7. The van der Waals surface area contributed by atoms with Crippen molar-refractivity contribution in [1.29, 1.82) is 0 Å². The van der Waals surface area contributed by atoms with Crippen molar-refractivity contribution >= 4 is 15.8 Å². The van der Waals surface area contributed by atoms with E-state index < -0.39 is 9.84 Å². The van der Waals surface area contributed by atoms with Gasteiger partial charge in [-0.05, 0) is 51.8 Å². The topological polar surface area (TPSA) is 83.0 Å². The molecule has 29 heavy (non-hydrogen) atoms. The van der Waals surface area contributed by atoms with Gasteiger partial charge in [0.2, 0.25) is 0 Å². The van der Waals surface area contributed by atoms with E-state index in [-0.39, 0.29) is 17.7 Å². The number of morpholine rings is 1. The fourth-order valence-electron chi connectivity index (χ4n) is 3.53. The second kappa shape index (κ2) is 9.91. The Morgan fingerprint density at radius 2 is 1.76 bits per heavy atom. The molecule has 0 bridgehead atoms. The molecule has 1 aliphatic heterocycles. The second-order valence-electron chi connectivity index (χ2n) is 8.49. The molecule has 0 radical (unpaired) electrons. The molecule has 2 rings (SSSR count). The van der Waals surface area contributed by atoms with Gasteiger partial charge in [-0.25, -0.2) is 8.42 Å². The maximum absolute atomic E-state index is 11.5. The predicted molar refractivity (Wildman–Crippen MR) is 118 cm³/mol. The second-order valence-corrected chi connectivity index (χ2v) is 10.5. The number of aliphatic imine (C=N–C) groups is 1. The van der Waals surface area contributed by atoms with Crippen molar-refractivity contribution in [3.8, 4) is 0 Å². The normalized spacial score (nSPS) is 21.8. The van der Waals surface area contributed by atoms with Crippen molar-refractivity contribution in [2.24, 2.45) is 4.99 Å². The summed E-state index contributed by atoms with van der Waals surface area (Å²) in [4.78, 5) is 7.13. The van der Waals surface area contributed by atoms with Gasteiger partial charge < -0.3 is 15.4 Å². The van der Waals surface area contributed by atoms with E-state index in [1.165, 1.54) is 6.26 Å². The quantitative estimate of drug-likeness (QED) is 0.512. The lowest BCUT2D eigenvalue weighted by Crippen LogP contribution is -2.59. The van der Waals surface area contributed by atoms with E-state index in [1.807, 2.05) is 12.1 Å². The van der Waals surface area contributed by atoms with Crippen LogP contribution in [0.15, 0.2) is 34.2 Å². The fraction of sp³-hybridized carbons (Fsp3) is 0.667. The smallest absolute Gasteiger partial charge is 0.191 e. The first-order valence-corrected chi connectivity index (χ1v) is 12.0. The Bertz CT molecular complexity index is 781. The molecular formula is C21H36N4O3S. The number of nitrogens with zero attached hydrogens (tertiary/aromatic N) is 2. The van der Waals surface area contributed by atoms with Crippen LogP contribution in [0.25, 0.3) is 0 Å². The third-order valence-corrected chi connectivity index (χ3v) is 6.37. The van der Waals surface area contributed by atoms with Crippen LogP contribution in [-0.4, -0.2) is 76.5 Å². The Hall–Kier alpha value is -1.64. The summed E-state index contributed by atoms with van der Waals surface area (Å²) in [6.07, 6.45) is 2.49. The van der Waals surface area contributed by atoms with E-state index in [1.54, 1.807) is 19.2 Å². The van der Waals surface area contributed by atoms with E-state index in [4.69, 9.17) is 4.74 Å². The summed E-state index contributed by atoms with van der Waals surface area (Å²) >= 11 is 0. The van der Waals surface area contributed by atoms with E-state index in [0.717, 1.165) is 37.6 Å². The first kappa shape index (κ1) is 23.6. The van der Waals surface area contributed by atoms with Gasteiger partial charge in [0, 0.05) is 45.0 Å². The Morgan fingerprint density at radius 1 is 1.17 bits per heavy atom. The monoisotopic (exact) mass is 424 g/mol. The van der Waals surface area contributed by atoms with Crippen molar-refractivity contribution in [3.63, 3.8) is 0 Å². The molecule has 7 nitrogen and oxygen atoms in total. The minimum Gasteiger partial charge on any atom is -0.373 e. The van der Waals surface area contributed by atoms with Crippen molar-refractivity contribution in [3.05, 3.63) is 29.8 Å². The molecule has 2 N–H and O–H groups in total. The molecule has 1 aromatic carbocycles. The Labute approximate surface area is 175 Å². The highest BCUT2D eigenvalue weighted by atomic mass is 32.2. The molecule has 1 aromatic rings.